The van der Waals surface area contributed by atoms with Crippen LogP contribution >= 0.6 is 0 Å². The Hall–Kier alpha value is -1.92. The van der Waals surface area contributed by atoms with Crippen molar-refractivity contribution in [3.63, 3.8) is 0 Å². The fourth-order valence-electron chi connectivity index (χ4n) is 0.776. The maximum Gasteiger partial charge on any atom is 0.280 e. The molecule has 0 fully saturated rings. The van der Waals surface area contributed by atoms with Crippen LogP contribution < -0.4 is 11.4 Å². The van der Waals surface area contributed by atoms with Crippen LogP contribution in [0.2, 0.25) is 0 Å². The second-order valence-corrected chi connectivity index (χ2v) is 1.94. The van der Waals surface area contributed by atoms with Gasteiger partial charge >= 0.3 is 0 Å². The summed E-state index contributed by atoms with van der Waals surface area (Å²) in [6.45, 7) is 0. The lowest BCUT2D eigenvalue weighted by atomic mass is 10.5. The highest BCUT2D eigenvalue weighted by Crippen LogP contribution is 1.94. The zero-order valence-corrected chi connectivity index (χ0v) is 5.35. The van der Waals surface area contributed by atoms with Crippen molar-refractivity contribution in [3.05, 3.63) is 16.7 Å². The summed E-state index contributed by atoms with van der Waals surface area (Å²) >= 11 is 0. The minimum Gasteiger partial charge on any atom is -0.320 e. The molecule has 0 amide bonds. The minimum absolute atomic E-state index is 0.148. The van der Waals surface area contributed by atoms with Gasteiger partial charge in [-0.3, -0.25) is 4.79 Å². The molecule has 0 spiro atoms. The van der Waals surface area contributed by atoms with Gasteiger partial charge in [0, 0.05) is 0 Å². The summed E-state index contributed by atoms with van der Waals surface area (Å²) in [5, 5.41) is 6.92. The minimum atomic E-state index is -0.341. The average Bonchev–Trinajstić information content (AvgIpc) is 2.35. The van der Waals surface area contributed by atoms with E-state index < -0.39 is 0 Å². The quantitative estimate of drug-likeness (QED) is 0.435. The summed E-state index contributed by atoms with van der Waals surface area (Å²) in [7, 11) is 0. The Labute approximate surface area is 59.8 Å². The van der Waals surface area contributed by atoms with Crippen LogP contribution in [-0.4, -0.2) is 25.1 Å². The largest absolute Gasteiger partial charge is 0.320 e. The molecule has 0 radical (unpaired) electrons. The molecule has 2 aromatic heterocycles. The van der Waals surface area contributed by atoms with Crippen LogP contribution in [0.25, 0.3) is 11.2 Å². The molecule has 0 aliphatic rings. The molecule has 2 heterocycles. The van der Waals surface area contributed by atoms with E-state index in [1.54, 1.807) is 0 Å². The van der Waals surface area contributed by atoms with Gasteiger partial charge in [0.1, 0.15) is 0 Å². The molecule has 2 rings (SSSR count). The second kappa shape index (κ2) is 1.78. The fraction of sp³-hybridized carbons (Fsp3) is 0. The predicted octanol–water partition coefficient (Wildman–Crippen LogP) is -1.77. The molecule has 0 atom stereocenters. The van der Waals surface area contributed by atoms with Gasteiger partial charge in [-0.15, -0.1) is 9.89 Å². The lowest BCUT2D eigenvalue weighted by Gasteiger charge is -1.86. The Balaban J connectivity index is 3.06. The topological polar surface area (TPSA) is 102 Å². The van der Waals surface area contributed by atoms with Crippen LogP contribution in [0.4, 0.5) is 0 Å². The van der Waals surface area contributed by atoms with E-state index in [1.165, 1.54) is 6.33 Å². The summed E-state index contributed by atoms with van der Waals surface area (Å²) in [5.41, 5.74) is 0.0791. The molecule has 0 unspecified atom stereocenters. The first-order valence-corrected chi connectivity index (χ1v) is 2.83. The maximum atomic E-state index is 10.9. The smallest absolute Gasteiger partial charge is 0.280 e. The first-order chi connectivity index (χ1) is 5.29. The van der Waals surface area contributed by atoms with Gasteiger partial charge in [-0.2, -0.15) is 0 Å². The van der Waals surface area contributed by atoms with E-state index in [1.807, 2.05) is 0 Å². The van der Waals surface area contributed by atoms with Gasteiger partial charge < -0.3 is 10.8 Å². The van der Waals surface area contributed by atoms with Crippen LogP contribution in [0, 0.1) is 0 Å². The van der Waals surface area contributed by atoms with E-state index in [2.05, 4.69) is 20.3 Å². The molecule has 7 nitrogen and oxygen atoms in total. The van der Waals surface area contributed by atoms with Gasteiger partial charge in [-0.1, -0.05) is 0 Å². The van der Waals surface area contributed by atoms with Crippen molar-refractivity contribution in [2.24, 2.45) is 0 Å². The first-order valence-electron chi connectivity index (χ1n) is 2.83. The third-order valence-corrected chi connectivity index (χ3v) is 1.27. The average molecular weight is 152 g/mol. The number of nitrogens with one attached hydrogen (secondary N) is 1. The van der Waals surface area contributed by atoms with E-state index in [4.69, 9.17) is 5.84 Å². The van der Waals surface area contributed by atoms with E-state index in [-0.39, 0.29) is 16.7 Å². The van der Waals surface area contributed by atoms with E-state index in [0.29, 0.717) is 0 Å². The Morgan fingerprint density at radius 3 is 3.18 bits per heavy atom. The summed E-state index contributed by atoms with van der Waals surface area (Å²) in [5.74, 6) is 5.27. The number of aromatic amines is 1. The van der Waals surface area contributed by atoms with Crippen molar-refractivity contribution in [2.75, 3.05) is 5.84 Å². The molecule has 0 saturated heterocycles. The van der Waals surface area contributed by atoms with Crippen molar-refractivity contribution < 1.29 is 0 Å². The summed E-state index contributed by atoms with van der Waals surface area (Å²) in [6, 6.07) is 0. The number of fused-ring (bicyclic) bond motifs is 1. The Morgan fingerprint density at radius 2 is 2.45 bits per heavy atom. The first kappa shape index (κ1) is 5.83. The highest BCUT2D eigenvalue weighted by atomic mass is 16.1. The number of H-pyrrole nitrogens is 1. The summed E-state index contributed by atoms with van der Waals surface area (Å²) < 4.78 is 0. The molecule has 0 saturated carbocycles. The second-order valence-electron chi connectivity index (χ2n) is 1.94. The van der Waals surface area contributed by atoms with E-state index in [0.717, 1.165) is 4.79 Å². The monoisotopic (exact) mass is 152 g/mol. The van der Waals surface area contributed by atoms with Crippen molar-refractivity contribution in [3.8, 4) is 0 Å². The highest BCUT2D eigenvalue weighted by Gasteiger charge is 2.04. The third-order valence-electron chi connectivity index (χ3n) is 1.27. The lowest BCUT2D eigenvalue weighted by Crippen LogP contribution is -2.12. The van der Waals surface area contributed by atoms with Gasteiger partial charge in [0.2, 0.25) is 5.65 Å². The molecular formula is C4H4N6O. The van der Waals surface area contributed by atoms with Crippen LogP contribution in [0.15, 0.2) is 11.1 Å². The van der Waals surface area contributed by atoms with Gasteiger partial charge in [-0.25, -0.2) is 4.98 Å². The molecule has 3 N–H and O–H groups in total. The van der Waals surface area contributed by atoms with Crippen molar-refractivity contribution in [2.45, 2.75) is 0 Å². The van der Waals surface area contributed by atoms with Gasteiger partial charge in [0.25, 0.3) is 5.56 Å². The predicted molar refractivity (Wildman–Crippen MR) is 36.1 cm³/mol. The standard InChI is InChI=1S/C4H4N6O/c5-10-3-2(8-9-10)4(11)7-1-6-3/h1H,5H2,(H,6,7,11). The van der Waals surface area contributed by atoms with Gasteiger partial charge in [-0.05, 0) is 5.21 Å². The molecule has 0 aliphatic carbocycles. The maximum absolute atomic E-state index is 10.9. The van der Waals surface area contributed by atoms with Crippen LogP contribution in [-0.2, 0) is 0 Å². The Bertz CT molecular complexity index is 441. The molecular weight excluding hydrogens is 148 g/mol. The number of nitrogens with two attached hydrogens (primary N) is 1. The lowest BCUT2D eigenvalue weighted by molar-refractivity contribution is 0.780. The number of nitrogens with zero attached hydrogens (tertiary/aromatic N) is 4. The summed E-state index contributed by atoms with van der Waals surface area (Å²) in [4.78, 5) is 18.0. The van der Waals surface area contributed by atoms with Crippen LogP contribution in [0.1, 0.15) is 0 Å². The van der Waals surface area contributed by atoms with Crippen molar-refractivity contribution in [1.82, 2.24) is 25.1 Å². The zero-order valence-electron chi connectivity index (χ0n) is 5.35. The molecule has 0 aromatic carbocycles. The van der Waals surface area contributed by atoms with E-state index >= 15 is 0 Å². The number of nitrogen functional groups attached to an aromatic ring is 1. The molecule has 56 valence electrons. The summed E-state index contributed by atoms with van der Waals surface area (Å²) in [6.07, 6.45) is 1.25. The number of rotatable bonds is 0. The number of aromatic nitrogens is 5. The molecule has 11 heavy (non-hydrogen) atoms. The molecule has 7 heteroatoms. The number of hydrogen-bond donors (Lipinski definition) is 2. The van der Waals surface area contributed by atoms with Crippen molar-refractivity contribution in [1.29, 1.82) is 0 Å². The molecule has 0 aliphatic heterocycles. The SMILES string of the molecule is Nn1nnc2c(=O)[nH]cnc21. The van der Waals surface area contributed by atoms with E-state index in [9.17, 15) is 4.79 Å². The Morgan fingerprint density at radius 1 is 1.64 bits per heavy atom. The molecule has 0 bridgehead atoms. The molecule has 2 aromatic rings. The third kappa shape index (κ3) is 0.672. The Kier molecular flexibility index (Phi) is 0.945. The normalized spacial score (nSPS) is 10.5. The number of hydrogen-bond acceptors (Lipinski definition) is 5. The van der Waals surface area contributed by atoms with Gasteiger partial charge in [0.05, 0.1) is 6.33 Å². The zero-order chi connectivity index (χ0) is 7.84. The van der Waals surface area contributed by atoms with Gasteiger partial charge in [0.15, 0.2) is 5.52 Å². The van der Waals surface area contributed by atoms with Crippen molar-refractivity contribution >= 4 is 11.2 Å². The van der Waals surface area contributed by atoms with Crippen LogP contribution in [0.3, 0.4) is 0 Å². The van der Waals surface area contributed by atoms with Crippen LogP contribution in [0.5, 0.6) is 0 Å². The highest BCUT2D eigenvalue weighted by molar-refractivity contribution is 5.67. The fourth-order valence-corrected chi connectivity index (χ4v) is 0.776.